The van der Waals surface area contributed by atoms with Crippen LogP contribution in [0.4, 0.5) is 0 Å². The molecule has 0 saturated heterocycles. The van der Waals surface area contributed by atoms with Gasteiger partial charge < -0.3 is 15.3 Å². The highest BCUT2D eigenvalue weighted by molar-refractivity contribution is 6.41. The number of H-pyrrole nitrogens is 2. The predicted octanol–water partition coefficient (Wildman–Crippen LogP) is 4.08. The Hall–Kier alpha value is -1.91. The van der Waals surface area contributed by atoms with E-state index >= 15 is 0 Å². The molecule has 1 aromatic carbocycles. The Morgan fingerprint density at radius 2 is 2.09 bits per heavy atom. The third-order valence-corrected chi connectivity index (χ3v) is 4.27. The van der Waals surface area contributed by atoms with Crippen LogP contribution in [0.3, 0.4) is 0 Å². The lowest BCUT2D eigenvalue weighted by Crippen LogP contribution is -2.25. The monoisotopic (exact) mass is 335 g/mol. The van der Waals surface area contributed by atoms with Crippen molar-refractivity contribution in [2.45, 2.75) is 13.3 Å². The van der Waals surface area contributed by atoms with E-state index in [1.54, 1.807) is 0 Å². The minimum Gasteiger partial charge on any atom is -0.361 e. The summed E-state index contributed by atoms with van der Waals surface area (Å²) in [6, 6.07) is 7.82. The van der Waals surface area contributed by atoms with Crippen molar-refractivity contribution >= 4 is 40.0 Å². The average molecular weight is 336 g/mol. The van der Waals surface area contributed by atoms with Crippen LogP contribution in [0.1, 0.15) is 21.6 Å². The van der Waals surface area contributed by atoms with Crippen molar-refractivity contribution < 1.29 is 4.79 Å². The average Bonchev–Trinajstić information content (AvgIpc) is 3.03. The number of amides is 1. The van der Waals surface area contributed by atoms with Crippen molar-refractivity contribution in [3.63, 3.8) is 0 Å². The number of nitrogens with one attached hydrogen (secondary N) is 3. The smallest absolute Gasteiger partial charge is 0.267 e. The van der Waals surface area contributed by atoms with Crippen molar-refractivity contribution in [1.82, 2.24) is 15.3 Å². The Morgan fingerprint density at radius 3 is 2.82 bits per heavy atom. The Morgan fingerprint density at radius 1 is 1.27 bits per heavy atom. The summed E-state index contributed by atoms with van der Waals surface area (Å²) in [5.41, 5.74) is 3.88. The lowest BCUT2D eigenvalue weighted by atomic mass is 10.1. The fourth-order valence-corrected chi connectivity index (χ4v) is 2.75. The van der Waals surface area contributed by atoms with Gasteiger partial charge in [0.2, 0.25) is 0 Å². The third-order valence-electron chi connectivity index (χ3n) is 3.57. The van der Waals surface area contributed by atoms with Gasteiger partial charge in [-0.1, -0.05) is 35.3 Å². The third kappa shape index (κ3) is 2.98. The second-order valence-corrected chi connectivity index (χ2v) is 6.00. The largest absolute Gasteiger partial charge is 0.361 e. The molecule has 2 heterocycles. The zero-order valence-electron chi connectivity index (χ0n) is 12.0. The van der Waals surface area contributed by atoms with Gasteiger partial charge in [-0.15, -0.1) is 0 Å². The quantitative estimate of drug-likeness (QED) is 0.660. The summed E-state index contributed by atoms with van der Waals surface area (Å²) < 4.78 is 0. The maximum absolute atomic E-state index is 12.0. The van der Waals surface area contributed by atoms with Crippen LogP contribution < -0.4 is 5.32 Å². The minimum atomic E-state index is -0.218. The molecule has 0 aliphatic carbocycles. The highest BCUT2D eigenvalue weighted by atomic mass is 35.5. The van der Waals surface area contributed by atoms with E-state index in [-0.39, 0.29) is 11.1 Å². The zero-order chi connectivity index (χ0) is 15.7. The lowest BCUT2D eigenvalue weighted by molar-refractivity contribution is 0.0950. The molecule has 0 fully saturated rings. The van der Waals surface area contributed by atoms with E-state index in [1.807, 2.05) is 6.20 Å². The summed E-state index contributed by atoms with van der Waals surface area (Å²) in [5.74, 6) is -0.218. The van der Waals surface area contributed by atoms with Crippen LogP contribution in [0.5, 0.6) is 0 Å². The molecule has 4 nitrogen and oxygen atoms in total. The minimum absolute atomic E-state index is 0.218. The van der Waals surface area contributed by atoms with E-state index in [0.717, 1.165) is 11.9 Å². The molecule has 0 spiro atoms. The van der Waals surface area contributed by atoms with Gasteiger partial charge in [0, 0.05) is 23.6 Å². The van der Waals surface area contributed by atoms with Crippen molar-refractivity contribution in [3.8, 4) is 0 Å². The fourth-order valence-electron chi connectivity index (χ4n) is 2.44. The molecule has 2 aromatic heterocycles. The number of carbonyl (C=O) groups is 1. The maximum atomic E-state index is 12.0. The van der Waals surface area contributed by atoms with Crippen LogP contribution in [0.15, 0.2) is 30.5 Å². The Bertz CT molecular complexity index is 816. The molecule has 3 aromatic rings. The molecule has 0 saturated carbocycles. The molecule has 6 heteroatoms. The van der Waals surface area contributed by atoms with Crippen molar-refractivity contribution in [1.29, 1.82) is 0 Å². The first-order valence-corrected chi connectivity index (χ1v) is 7.69. The standard InChI is InChI=1S/C16H15Cl2N3O/c1-9-2-3-11-10(8-20-13(11)6-9)4-5-19-16(22)14-7-12(17)15(18)21-14/h2-3,6-8,20-21H,4-5H2,1H3,(H,19,22). The Labute approximate surface area is 137 Å². The van der Waals surface area contributed by atoms with Crippen molar-refractivity contribution in [2.24, 2.45) is 0 Å². The summed E-state index contributed by atoms with van der Waals surface area (Å²) in [5, 5.41) is 4.66. The molecule has 0 aliphatic rings. The molecule has 0 aliphatic heterocycles. The first-order valence-electron chi connectivity index (χ1n) is 6.93. The second kappa shape index (κ2) is 6.07. The van der Waals surface area contributed by atoms with Gasteiger partial charge in [-0.25, -0.2) is 0 Å². The van der Waals surface area contributed by atoms with Crippen molar-refractivity contribution in [3.05, 3.63) is 57.5 Å². The highest BCUT2D eigenvalue weighted by Crippen LogP contribution is 2.22. The summed E-state index contributed by atoms with van der Waals surface area (Å²) in [4.78, 5) is 18.0. The van der Waals surface area contributed by atoms with E-state index in [4.69, 9.17) is 23.2 Å². The van der Waals surface area contributed by atoms with Crippen LogP contribution in [0, 0.1) is 6.92 Å². The SMILES string of the molecule is Cc1ccc2c(CCNC(=O)c3cc(Cl)c(Cl)[nH]3)c[nH]c2c1. The molecule has 0 bridgehead atoms. The number of aromatic amines is 2. The zero-order valence-corrected chi connectivity index (χ0v) is 13.5. The van der Waals surface area contributed by atoms with E-state index in [0.29, 0.717) is 17.3 Å². The number of aromatic nitrogens is 2. The normalized spacial score (nSPS) is 11.0. The lowest BCUT2D eigenvalue weighted by Gasteiger charge is -2.03. The number of halogens is 2. The number of carbonyl (C=O) groups excluding carboxylic acids is 1. The van der Waals surface area contributed by atoms with E-state index < -0.39 is 0 Å². The second-order valence-electron chi connectivity index (χ2n) is 5.21. The number of fused-ring (bicyclic) bond motifs is 1. The van der Waals surface area contributed by atoms with E-state index in [1.165, 1.54) is 22.6 Å². The molecule has 3 rings (SSSR count). The first kappa shape index (κ1) is 15.0. The van der Waals surface area contributed by atoms with Crippen LogP contribution in [-0.4, -0.2) is 22.4 Å². The molecule has 22 heavy (non-hydrogen) atoms. The van der Waals surface area contributed by atoms with E-state index in [9.17, 15) is 4.79 Å². The first-order chi connectivity index (χ1) is 10.5. The highest BCUT2D eigenvalue weighted by Gasteiger charge is 2.11. The number of hydrogen-bond donors (Lipinski definition) is 3. The molecule has 0 atom stereocenters. The van der Waals surface area contributed by atoms with Gasteiger partial charge >= 0.3 is 0 Å². The Kier molecular flexibility index (Phi) is 4.14. The van der Waals surface area contributed by atoms with Gasteiger partial charge in [0.25, 0.3) is 5.91 Å². The number of aryl methyl sites for hydroxylation is 1. The van der Waals surface area contributed by atoms with Gasteiger partial charge in [-0.05, 0) is 36.6 Å². The summed E-state index contributed by atoms with van der Waals surface area (Å²) in [6.07, 6.45) is 2.73. The predicted molar refractivity (Wildman–Crippen MR) is 89.9 cm³/mol. The number of benzene rings is 1. The van der Waals surface area contributed by atoms with Crippen molar-refractivity contribution in [2.75, 3.05) is 6.54 Å². The molecule has 3 N–H and O–H groups in total. The number of rotatable bonds is 4. The molecule has 0 unspecified atom stereocenters. The fraction of sp³-hybridized carbons (Fsp3) is 0.188. The van der Waals surface area contributed by atoms with Gasteiger partial charge in [0.15, 0.2) is 0 Å². The molecule has 114 valence electrons. The molecule has 1 amide bonds. The van der Waals surface area contributed by atoms with Crippen LogP contribution in [0.2, 0.25) is 10.2 Å². The topological polar surface area (TPSA) is 60.7 Å². The van der Waals surface area contributed by atoms with Gasteiger partial charge in [-0.2, -0.15) is 0 Å². The molecular weight excluding hydrogens is 321 g/mol. The van der Waals surface area contributed by atoms with Crippen LogP contribution in [-0.2, 0) is 6.42 Å². The number of hydrogen-bond acceptors (Lipinski definition) is 1. The maximum Gasteiger partial charge on any atom is 0.267 e. The Balaban J connectivity index is 1.63. The summed E-state index contributed by atoms with van der Waals surface area (Å²) >= 11 is 11.6. The van der Waals surface area contributed by atoms with Crippen LogP contribution >= 0.6 is 23.2 Å². The van der Waals surface area contributed by atoms with Crippen LogP contribution in [0.25, 0.3) is 10.9 Å². The molecular formula is C16H15Cl2N3O. The van der Waals surface area contributed by atoms with Gasteiger partial charge in [0.05, 0.1) is 5.02 Å². The van der Waals surface area contributed by atoms with E-state index in [2.05, 4.69) is 40.4 Å². The summed E-state index contributed by atoms with van der Waals surface area (Å²) in [6.45, 7) is 2.60. The van der Waals surface area contributed by atoms with Gasteiger partial charge in [0.1, 0.15) is 10.8 Å². The summed E-state index contributed by atoms with van der Waals surface area (Å²) in [7, 11) is 0. The van der Waals surface area contributed by atoms with Gasteiger partial charge in [-0.3, -0.25) is 4.79 Å². The molecule has 0 radical (unpaired) electrons.